The molecule has 0 bridgehead atoms. The number of amides is 2. The minimum Gasteiger partial charge on any atom is -0.480 e. The van der Waals surface area contributed by atoms with Gasteiger partial charge in [0.25, 0.3) is 0 Å². The Kier molecular flexibility index (Phi) is 6.33. The average Bonchev–Trinajstić information content (AvgIpc) is 2.60. The number of carbonyl (C=O) groups excluding carboxylic acids is 1. The van der Waals surface area contributed by atoms with Gasteiger partial charge in [-0.05, 0) is 11.1 Å². The van der Waals surface area contributed by atoms with E-state index < -0.39 is 24.6 Å². The Hall–Kier alpha value is -2.86. The van der Waals surface area contributed by atoms with E-state index in [4.69, 9.17) is 10.2 Å². The Bertz CT molecular complexity index is 620. The summed E-state index contributed by atoms with van der Waals surface area (Å²) in [6.45, 7) is 0.00422. The number of urea groups is 1. The molecule has 2 aromatic carbocycles. The van der Waals surface area contributed by atoms with Crippen molar-refractivity contribution in [1.82, 2.24) is 10.2 Å². The van der Waals surface area contributed by atoms with Gasteiger partial charge >= 0.3 is 12.0 Å². The summed E-state index contributed by atoms with van der Waals surface area (Å²) in [5.74, 6) is -1.27. The zero-order valence-corrected chi connectivity index (χ0v) is 13.1. The van der Waals surface area contributed by atoms with E-state index in [1.54, 1.807) is 0 Å². The minimum absolute atomic E-state index is 0.333. The molecule has 0 aliphatic heterocycles. The Labute approximate surface area is 140 Å². The van der Waals surface area contributed by atoms with Crippen molar-refractivity contribution in [2.24, 2.45) is 0 Å². The Morgan fingerprint density at radius 1 is 0.917 bits per heavy atom. The zero-order chi connectivity index (χ0) is 17.4. The van der Waals surface area contributed by atoms with Crippen molar-refractivity contribution in [3.63, 3.8) is 0 Å². The van der Waals surface area contributed by atoms with Crippen LogP contribution in [0.25, 0.3) is 0 Å². The quantitative estimate of drug-likeness (QED) is 0.723. The van der Waals surface area contributed by atoms with Gasteiger partial charge in [-0.1, -0.05) is 60.7 Å². The molecule has 24 heavy (non-hydrogen) atoms. The van der Waals surface area contributed by atoms with E-state index in [1.807, 2.05) is 60.7 Å². The molecule has 2 aromatic rings. The van der Waals surface area contributed by atoms with Crippen LogP contribution in [0.2, 0.25) is 0 Å². The lowest BCUT2D eigenvalue weighted by molar-refractivity contribution is -0.140. The van der Waals surface area contributed by atoms with Crippen molar-refractivity contribution < 1.29 is 19.8 Å². The highest BCUT2D eigenvalue weighted by molar-refractivity contribution is 5.82. The van der Waals surface area contributed by atoms with Crippen LogP contribution in [-0.4, -0.2) is 39.8 Å². The number of nitrogens with one attached hydrogen (secondary N) is 1. The lowest BCUT2D eigenvalue weighted by Crippen LogP contribution is -2.49. The van der Waals surface area contributed by atoms with Gasteiger partial charge in [0.2, 0.25) is 0 Å². The van der Waals surface area contributed by atoms with Crippen LogP contribution in [0.3, 0.4) is 0 Å². The number of carboxylic acid groups (broad SMARTS) is 1. The summed E-state index contributed by atoms with van der Waals surface area (Å²) in [7, 11) is 0. The van der Waals surface area contributed by atoms with E-state index in [0.29, 0.717) is 13.1 Å². The van der Waals surface area contributed by atoms with Crippen LogP contribution in [0, 0.1) is 0 Å². The van der Waals surface area contributed by atoms with E-state index in [9.17, 15) is 9.59 Å². The molecule has 0 unspecified atom stereocenters. The first kappa shape index (κ1) is 17.5. The maximum absolute atomic E-state index is 12.5. The molecule has 0 saturated carbocycles. The number of benzene rings is 2. The highest BCUT2D eigenvalue weighted by Crippen LogP contribution is 2.10. The molecule has 0 aliphatic rings. The fourth-order valence-electron chi connectivity index (χ4n) is 2.23. The number of nitrogens with zero attached hydrogens (tertiary/aromatic N) is 1. The third-order valence-electron chi connectivity index (χ3n) is 3.50. The minimum atomic E-state index is -1.33. The first-order valence-electron chi connectivity index (χ1n) is 7.57. The van der Waals surface area contributed by atoms with Gasteiger partial charge < -0.3 is 20.4 Å². The first-order chi connectivity index (χ1) is 11.6. The van der Waals surface area contributed by atoms with Crippen molar-refractivity contribution in [2.75, 3.05) is 6.61 Å². The van der Waals surface area contributed by atoms with Crippen LogP contribution in [0.1, 0.15) is 11.1 Å². The molecular weight excluding hydrogens is 308 g/mol. The van der Waals surface area contributed by atoms with Crippen LogP contribution in [0.4, 0.5) is 4.79 Å². The van der Waals surface area contributed by atoms with Crippen LogP contribution >= 0.6 is 0 Å². The highest BCUT2D eigenvalue weighted by Gasteiger charge is 2.22. The van der Waals surface area contributed by atoms with Crippen LogP contribution in [-0.2, 0) is 17.9 Å². The van der Waals surface area contributed by atoms with Gasteiger partial charge in [0.05, 0.1) is 6.61 Å². The smallest absolute Gasteiger partial charge is 0.328 e. The van der Waals surface area contributed by atoms with Crippen LogP contribution in [0.15, 0.2) is 60.7 Å². The standard InChI is InChI=1S/C18H20N2O4/c21-13-16(17(22)23)19-18(24)20(11-14-7-3-1-4-8-14)12-15-9-5-2-6-10-15/h1-10,16,21H,11-13H2,(H,19,24)(H,22,23)/t16-/m0/s1. The second-order valence-corrected chi connectivity index (χ2v) is 5.35. The molecule has 0 spiro atoms. The topological polar surface area (TPSA) is 89.9 Å². The van der Waals surface area contributed by atoms with E-state index in [0.717, 1.165) is 11.1 Å². The molecule has 2 rings (SSSR count). The van der Waals surface area contributed by atoms with Gasteiger partial charge in [0, 0.05) is 13.1 Å². The summed E-state index contributed by atoms with van der Waals surface area (Å²) in [5.41, 5.74) is 1.86. The van der Waals surface area contributed by atoms with Crippen molar-refractivity contribution in [1.29, 1.82) is 0 Å². The fraction of sp³-hybridized carbons (Fsp3) is 0.222. The van der Waals surface area contributed by atoms with E-state index in [2.05, 4.69) is 5.32 Å². The normalized spacial score (nSPS) is 11.5. The molecule has 0 fully saturated rings. The molecule has 0 aliphatic carbocycles. The predicted molar refractivity (Wildman–Crippen MR) is 89.2 cm³/mol. The lowest BCUT2D eigenvalue weighted by Gasteiger charge is -2.25. The monoisotopic (exact) mass is 328 g/mol. The maximum atomic E-state index is 12.5. The third-order valence-corrected chi connectivity index (χ3v) is 3.50. The van der Waals surface area contributed by atoms with E-state index >= 15 is 0 Å². The van der Waals surface area contributed by atoms with Crippen molar-refractivity contribution in [2.45, 2.75) is 19.1 Å². The summed E-state index contributed by atoms with van der Waals surface area (Å²) in [4.78, 5) is 25.0. The number of rotatable bonds is 7. The molecule has 3 N–H and O–H groups in total. The molecule has 6 heteroatoms. The Morgan fingerprint density at radius 2 is 1.38 bits per heavy atom. The second-order valence-electron chi connectivity index (χ2n) is 5.35. The van der Waals surface area contributed by atoms with Crippen LogP contribution < -0.4 is 5.32 Å². The summed E-state index contributed by atoms with van der Waals surface area (Å²) < 4.78 is 0. The SMILES string of the molecule is O=C(O)[C@H](CO)NC(=O)N(Cc1ccccc1)Cc1ccccc1. The van der Waals surface area contributed by atoms with Gasteiger partial charge in [-0.15, -0.1) is 0 Å². The Morgan fingerprint density at radius 3 is 1.75 bits per heavy atom. The highest BCUT2D eigenvalue weighted by atomic mass is 16.4. The molecule has 6 nitrogen and oxygen atoms in total. The number of aliphatic hydroxyl groups is 1. The second kappa shape index (κ2) is 8.69. The van der Waals surface area contributed by atoms with Crippen molar-refractivity contribution in [3.8, 4) is 0 Å². The number of hydrogen-bond donors (Lipinski definition) is 3. The summed E-state index contributed by atoms with van der Waals surface area (Å²) in [6.07, 6.45) is 0. The lowest BCUT2D eigenvalue weighted by atomic mass is 10.2. The van der Waals surface area contributed by atoms with Gasteiger partial charge in [-0.2, -0.15) is 0 Å². The largest absolute Gasteiger partial charge is 0.480 e. The van der Waals surface area contributed by atoms with Gasteiger partial charge in [0.15, 0.2) is 6.04 Å². The van der Waals surface area contributed by atoms with Gasteiger partial charge in [0.1, 0.15) is 0 Å². The number of aliphatic carboxylic acids is 1. The molecule has 0 aromatic heterocycles. The molecule has 1 atom stereocenters. The summed E-state index contributed by atoms with van der Waals surface area (Å²) in [5, 5.41) is 20.4. The van der Waals surface area contributed by atoms with Crippen LogP contribution in [0.5, 0.6) is 0 Å². The fourth-order valence-corrected chi connectivity index (χ4v) is 2.23. The zero-order valence-electron chi connectivity index (χ0n) is 13.1. The first-order valence-corrected chi connectivity index (χ1v) is 7.57. The maximum Gasteiger partial charge on any atom is 0.328 e. The van der Waals surface area contributed by atoms with Gasteiger partial charge in [-0.25, -0.2) is 9.59 Å². The molecule has 126 valence electrons. The molecule has 0 radical (unpaired) electrons. The molecule has 2 amide bonds. The van der Waals surface area contributed by atoms with Crippen molar-refractivity contribution >= 4 is 12.0 Å². The Balaban J connectivity index is 2.15. The van der Waals surface area contributed by atoms with Gasteiger partial charge in [-0.3, -0.25) is 0 Å². The number of hydrogen-bond acceptors (Lipinski definition) is 3. The molecular formula is C18H20N2O4. The average molecular weight is 328 g/mol. The number of aliphatic hydroxyl groups excluding tert-OH is 1. The number of carboxylic acids is 1. The summed E-state index contributed by atoms with van der Waals surface area (Å²) >= 11 is 0. The number of carbonyl (C=O) groups is 2. The van der Waals surface area contributed by atoms with E-state index in [1.165, 1.54) is 4.90 Å². The summed E-state index contributed by atoms with van der Waals surface area (Å²) in [6, 6.07) is 17.0. The molecule has 0 heterocycles. The van der Waals surface area contributed by atoms with E-state index in [-0.39, 0.29) is 0 Å². The predicted octanol–water partition coefficient (Wildman–Crippen LogP) is 1.84. The van der Waals surface area contributed by atoms with Crippen molar-refractivity contribution in [3.05, 3.63) is 71.8 Å². The third kappa shape index (κ3) is 5.10. The molecule has 0 saturated heterocycles.